The van der Waals surface area contributed by atoms with Crippen molar-refractivity contribution in [1.82, 2.24) is 0 Å². The highest BCUT2D eigenvalue weighted by atomic mass is 35.5. The van der Waals surface area contributed by atoms with E-state index >= 15 is 0 Å². The van der Waals surface area contributed by atoms with Crippen LogP contribution in [-0.2, 0) is 6.54 Å². The largest absolute Gasteiger partial charge is 0.379 e. The molecule has 4 nitrogen and oxygen atoms in total. The van der Waals surface area contributed by atoms with Crippen LogP contribution in [0.2, 0.25) is 5.02 Å². The molecule has 0 aliphatic heterocycles. The van der Waals surface area contributed by atoms with Crippen molar-refractivity contribution >= 4 is 23.0 Å². The molecule has 7 heteroatoms. The molecule has 0 atom stereocenters. The molecule has 20 heavy (non-hydrogen) atoms. The van der Waals surface area contributed by atoms with E-state index in [1.54, 1.807) is 6.07 Å². The lowest BCUT2D eigenvalue weighted by Gasteiger charge is -2.08. The Bertz CT molecular complexity index is 665. The Labute approximate surface area is 118 Å². The van der Waals surface area contributed by atoms with E-state index in [2.05, 4.69) is 5.32 Å². The fourth-order valence-corrected chi connectivity index (χ4v) is 1.82. The van der Waals surface area contributed by atoms with E-state index in [9.17, 15) is 18.9 Å². The first-order valence-corrected chi connectivity index (χ1v) is 5.97. The molecule has 0 aromatic heterocycles. The molecule has 0 unspecified atom stereocenters. The van der Waals surface area contributed by atoms with Crippen LogP contribution in [0.15, 0.2) is 36.4 Å². The third-order valence-corrected chi connectivity index (χ3v) is 2.94. The molecule has 0 heterocycles. The highest BCUT2D eigenvalue weighted by molar-refractivity contribution is 6.32. The lowest BCUT2D eigenvalue weighted by atomic mass is 10.2. The van der Waals surface area contributed by atoms with Crippen molar-refractivity contribution in [2.45, 2.75) is 6.54 Å². The molecule has 0 bridgehead atoms. The van der Waals surface area contributed by atoms with Crippen LogP contribution in [0.1, 0.15) is 5.56 Å². The van der Waals surface area contributed by atoms with Crippen LogP contribution < -0.4 is 5.32 Å². The van der Waals surface area contributed by atoms with E-state index in [0.717, 1.165) is 18.2 Å². The molecule has 0 saturated heterocycles. The third-order valence-electron chi connectivity index (χ3n) is 2.62. The van der Waals surface area contributed by atoms with Crippen LogP contribution in [0, 0.1) is 21.7 Å². The molecule has 2 aromatic rings. The summed E-state index contributed by atoms with van der Waals surface area (Å²) in [5.41, 5.74) is 0.290. The van der Waals surface area contributed by atoms with Gasteiger partial charge in [-0.25, -0.2) is 8.78 Å². The maximum absolute atomic E-state index is 13.4. The zero-order chi connectivity index (χ0) is 14.7. The Morgan fingerprint density at radius 1 is 1.20 bits per heavy atom. The van der Waals surface area contributed by atoms with Gasteiger partial charge in [-0.3, -0.25) is 10.1 Å². The number of rotatable bonds is 4. The fraction of sp³-hybridized carbons (Fsp3) is 0.0769. The van der Waals surface area contributed by atoms with Crippen molar-refractivity contribution in [3.8, 4) is 0 Å². The smallest absolute Gasteiger partial charge is 0.288 e. The summed E-state index contributed by atoms with van der Waals surface area (Å²) in [5, 5.41) is 13.4. The van der Waals surface area contributed by atoms with Gasteiger partial charge in [-0.05, 0) is 29.8 Å². The van der Waals surface area contributed by atoms with Crippen LogP contribution in [-0.4, -0.2) is 4.92 Å². The van der Waals surface area contributed by atoms with E-state index in [1.807, 2.05) is 0 Å². The predicted octanol–water partition coefficient (Wildman–Crippen LogP) is 4.14. The molecule has 0 aliphatic carbocycles. The molecule has 0 saturated carbocycles. The molecule has 0 fully saturated rings. The van der Waals surface area contributed by atoms with Crippen molar-refractivity contribution < 1.29 is 13.7 Å². The molecular formula is C13H9ClF2N2O2. The molecule has 104 valence electrons. The number of anilines is 1. The Balaban J connectivity index is 2.17. The molecule has 0 amide bonds. The van der Waals surface area contributed by atoms with Gasteiger partial charge in [0, 0.05) is 12.6 Å². The fourth-order valence-electron chi connectivity index (χ4n) is 1.64. The molecule has 2 rings (SSSR count). The number of nitrogens with one attached hydrogen (secondary N) is 1. The second-order valence-corrected chi connectivity index (χ2v) is 4.43. The van der Waals surface area contributed by atoms with Crippen LogP contribution in [0.5, 0.6) is 0 Å². The predicted molar refractivity (Wildman–Crippen MR) is 71.8 cm³/mol. The van der Waals surface area contributed by atoms with E-state index in [0.29, 0.717) is 5.56 Å². The third kappa shape index (κ3) is 3.21. The number of hydrogen-bond donors (Lipinski definition) is 1. The Morgan fingerprint density at radius 3 is 2.65 bits per heavy atom. The van der Waals surface area contributed by atoms with E-state index in [1.165, 1.54) is 12.1 Å². The monoisotopic (exact) mass is 298 g/mol. The minimum Gasteiger partial charge on any atom is -0.379 e. The second kappa shape index (κ2) is 5.83. The van der Waals surface area contributed by atoms with Gasteiger partial charge in [0.15, 0.2) is 0 Å². The van der Waals surface area contributed by atoms with Gasteiger partial charge in [-0.15, -0.1) is 0 Å². The first-order chi connectivity index (χ1) is 9.47. The summed E-state index contributed by atoms with van der Waals surface area (Å²) in [4.78, 5) is 10.1. The lowest BCUT2D eigenvalue weighted by molar-refractivity contribution is -0.384. The van der Waals surface area contributed by atoms with Crippen LogP contribution in [0.3, 0.4) is 0 Å². The average molecular weight is 299 g/mol. The lowest BCUT2D eigenvalue weighted by Crippen LogP contribution is -2.02. The number of benzene rings is 2. The normalized spacial score (nSPS) is 10.3. The van der Waals surface area contributed by atoms with E-state index < -0.39 is 16.6 Å². The van der Waals surface area contributed by atoms with Crippen LogP contribution in [0.4, 0.5) is 20.2 Å². The van der Waals surface area contributed by atoms with Gasteiger partial charge in [0.2, 0.25) is 0 Å². The topological polar surface area (TPSA) is 55.2 Å². The molecular weight excluding hydrogens is 290 g/mol. The van der Waals surface area contributed by atoms with Crippen LogP contribution >= 0.6 is 11.6 Å². The van der Waals surface area contributed by atoms with E-state index in [4.69, 9.17) is 11.6 Å². The standard InChI is InChI=1S/C13H9ClF2N2O2/c14-10-3-1-8(5-13(10)18(19)20)7-17-12-6-9(15)2-4-11(12)16/h1-6,17H,7H2. The van der Waals surface area contributed by atoms with Crippen molar-refractivity contribution in [1.29, 1.82) is 0 Å². The first kappa shape index (κ1) is 14.2. The van der Waals surface area contributed by atoms with Gasteiger partial charge in [-0.2, -0.15) is 0 Å². The summed E-state index contributed by atoms with van der Waals surface area (Å²) in [7, 11) is 0. The maximum atomic E-state index is 13.4. The van der Waals surface area contributed by atoms with Crippen LogP contribution in [0.25, 0.3) is 0 Å². The van der Waals surface area contributed by atoms with Gasteiger partial charge in [0.1, 0.15) is 16.7 Å². The SMILES string of the molecule is O=[N+]([O-])c1cc(CNc2cc(F)ccc2F)ccc1Cl. The zero-order valence-electron chi connectivity index (χ0n) is 10.1. The summed E-state index contributed by atoms with van der Waals surface area (Å²) in [6.45, 7) is 0.110. The molecule has 0 spiro atoms. The number of halogens is 3. The van der Waals surface area contributed by atoms with Gasteiger partial charge in [-0.1, -0.05) is 17.7 Å². The number of nitrogens with zero attached hydrogens (tertiary/aromatic N) is 1. The quantitative estimate of drug-likeness (QED) is 0.682. The van der Waals surface area contributed by atoms with Crippen molar-refractivity contribution in [2.24, 2.45) is 0 Å². The summed E-state index contributed by atoms with van der Waals surface area (Å²) < 4.78 is 26.4. The molecule has 2 aromatic carbocycles. The van der Waals surface area contributed by atoms with Gasteiger partial charge in [0.25, 0.3) is 5.69 Å². The Morgan fingerprint density at radius 2 is 1.95 bits per heavy atom. The second-order valence-electron chi connectivity index (χ2n) is 4.02. The minimum absolute atomic E-state index is 0.0115. The van der Waals surface area contributed by atoms with Crippen molar-refractivity contribution in [2.75, 3.05) is 5.32 Å². The van der Waals surface area contributed by atoms with Crippen molar-refractivity contribution in [3.63, 3.8) is 0 Å². The number of hydrogen-bond acceptors (Lipinski definition) is 3. The summed E-state index contributed by atoms with van der Waals surface area (Å²) in [6, 6.07) is 7.26. The summed E-state index contributed by atoms with van der Waals surface area (Å²) >= 11 is 5.68. The highest BCUT2D eigenvalue weighted by Crippen LogP contribution is 2.25. The minimum atomic E-state index is -0.603. The maximum Gasteiger partial charge on any atom is 0.288 e. The number of nitro groups is 1. The van der Waals surface area contributed by atoms with Gasteiger partial charge < -0.3 is 5.32 Å². The average Bonchev–Trinajstić information content (AvgIpc) is 2.41. The van der Waals surface area contributed by atoms with Crippen molar-refractivity contribution in [3.05, 3.63) is 68.7 Å². The zero-order valence-corrected chi connectivity index (χ0v) is 10.8. The summed E-state index contributed by atoms with van der Waals surface area (Å²) in [6.07, 6.45) is 0. The summed E-state index contributed by atoms with van der Waals surface area (Å²) in [5.74, 6) is -1.18. The van der Waals surface area contributed by atoms with Gasteiger partial charge in [0.05, 0.1) is 10.6 Å². The van der Waals surface area contributed by atoms with E-state index in [-0.39, 0.29) is 22.9 Å². The van der Waals surface area contributed by atoms with Gasteiger partial charge >= 0.3 is 0 Å². The molecule has 1 N–H and O–H groups in total. The Kier molecular flexibility index (Phi) is 4.14. The molecule has 0 aliphatic rings. The Hall–Kier alpha value is -2.21. The highest BCUT2D eigenvalue weighted by Gasteiger charge is 2.12. The first-order valence-electron chi connectivity index (χ1n) is 5.59. The number of nitro benzene ring substituents is 1. The molecule has 0 radical (unpaired) electrons.